The molecule has 8 nitrogen and oxygen atoms in total. The van der Waals surface area contributed by atoms with Crippen LogP contribution in [0.2, 0.25) is 0 Å². The Bertz CT molecular complexity index is 1190. The third-order valence-electron chi connectivity index (χ3n) is 5.04. The summed E-state index contributed by atoms with van der Waals surface area (Å²) in [6, 6.07) is 11.9. The zero-order chi connectivity index (χ0) is 19.8. The minimum Gasteiger partial charge on any atom is -0.378 e. The molecule has 0 atom stereocenters. The summed E-state index contributed by atoms with van der Waals surface area (Å²) < 4.78 is 8.95. The number of hydrogen-bond donors (Lipinski definition) is 0. The van der Waals surface area contributed by atoms with E-state index in [1.165, 1.54) is 5.56 Å². The first kappa shape index (κ1) is 17.6. The van der Waals surface area contributed by atoms with Gasteiger partial charge in [0.2, 0.25) is 0 Å². The van der Waals surface area contributed by atoms with Gasteiger partial charge in [-0.05, 0) is 12.5 Å². The predicted molar refractivity (Wildman–Crippen MR) is 109 cm³/mol. The van der Waals surface area contributed by atoms with Crippen molar-refractivity contribution in [2.45, 2.75) is 6.92 Å². The van der Waals surface area contributed by atoms with Crippen molar-refractivity contribution < 1.29 is 9.53 Å². The fraction of sp³-hybridized carbons (Fsp3) is 0.238. The minimum atomic E-state index is 0.352. The van der Waals surface area contributed by atoms with Crippen LogP contribution in [-0.4, -0.2) is 57.0 Å². The van der Waals surface area contributed by atoms with E-state index in [2.05, 4.69) is 45.2 Å². The van der Waals surface area contributed by atoms with Gasteiger partial charge in [0.15, 0.2) is 17.8 Å². The number of carbonyl (C=O) groups excluding carboxylic acids is 1. The van der Waals surface area contributed by atoms with Gasteiger partial charge < -0.3 is 9.64 Å². The van der Waals surface area contributed by atoms with E-state index in [-0.39, 0.29) is 0 Å². The van der Waals surface area contributed by atoms with E-state index in [1.807, 2.05) is 24.5 Å². The van der Waals surface area contributed by atoms with Gasteiger partial charge >= 0.3 is 0 Å². The monoisotopic (exact) mass is 388 g/mol. The number of hydrogen-bond acceptors (Lipinski definition) is 6. The number of ether oxygens (including phenoxy) is 1. The molecule has 0 radical (unpaired) electrons. The Labute approximate surface area is 167 Å². The highest BCUT2D eigenvalue weighted by molar-refractivity contribution is 5.75. The summed E-state index contributed by atoms with van der Waals surface area (Å²) in [6.07, 6.45) is 4.54. The molecule has 3 aromatic heterocycles. The zero-order valence-electron chi connectivity index (χ0n) is 16.0. The summed E-state index contributed by atoms with van der Waals surface area (Å²) in [7, 11) is 0. The van der Waals surface area contributed by atoms with E-state index >= 15 is 0 Å². The van der Waals surface area contributed by atoms with Crippen LogP contribution in [0.3, 0.4) is 0 Å². The SMILES string of the molecule is Cc1cccc(-c2cnn(-c3cc(N4CCOCC4)n4nc(C=O)cc4n3)c2)c1. The number of benzene rings is 1. The molecular formula is C21H20N6O2. The van der Waals surface area contributed by atoms with Gasteiger partial charge in [0.05, 0.1) is 19.4 Å². The molecule has 29 heavy (non-hydrogen) atoms. The summed E-state index contributed by atoms with van der Waals surface area (Å²) >= 11 is 0. The van der Waals surface area contributed by atoms with Crippen molar-refractivity contribution >= 4 is 17.8 Å². The average molecular weight is 388 g/mol. The van der Waals surface area contributed by atoms with Crippen LogP contribution in [-0.2, 0) is 4.74 Å². The average Bonchev–Trinajstić information content (AvgIpc) is 3.41. The van der Waals surface area contributed by atoms with Gasteiger partial charge in [0.25, 0.3) is 0 Å². The molecule has 0 aliphatic carbocycles. The standard InChI is InChI=1S/C21H20N6O2/c1-15-3-2-4-16(9-15)17-12-22-26(13-17)19-11-21(25-5-7-29-8-6-25)27-20(23-19)10-18(14-28)24-27/h2-4,9-14H,5-8H2,1H3. The zero-order valence-corrected chi connectivity index (χ0v) is 16.0. The lowest BCUT2D eigenvalue weighted by Crippen LogP contribution is -2.37. The molecule has 0 bridgehead atoms. The highest BCUT2D eigenvalue weighted by atomic mass is 16.5. The van der Waals surface area contributed by atoms with Gasteiger partial charge in [-0.2, -0.15) is 14.7 Å². The molecule has 1 aliphatic rings. The molecule has 0 unspecified atom stereocenters. The Morgan fingerprint density at radius 1 is 1.10 bits per heavy atom. The minimum absolute atomic E-state index is 0.352. The van der Waals surface area contributed by atoms with Crippen LogP contribution >= 0.6 is 0 Å². The fourth-order valence-corrected chi connectivity index (χ4v) is 3.58. The number of aryl methyl sites for hydroxylation is 1. The topological polar surface area (TPSA) is 77.5 Å². The summed E-state index contributed by atoms with van der Waals surface area (Å²) in [4.78, 5) is 18.1. The van der Waals surface area contributed by atoms with Gasteiger partial charge in [-0.3, -0.25) is 4.79 Å². The van der Waals surface area contributed by atoms with E-state index in [4.69, 9.17) is 4.74 Å². The van der Waals surface area contributed by atoms with Crippen molar-refractivity contribution in [2.24, 2.45) is 0 Å². The maximum atomic E-state index is 11.3. The molecule has 1 fully saturated rings. The molecule has 5 rings (SSSR count). The van der Waals surface area contributed by atoms with E-state index in [0.717, 1.165) is 36.3 Å². The van der Waals surface area contributed by atoms with Gasteiger partial charge in [0, 0.05) is 37.0 Å². The molecular weight excluding hydrogens is 368 g/mol. The van der Waals surface area contributed by atoms with Crippen LogP contribution in [0.15, 0.2) is 48.8 Å². The molecule has 0 N–H and O–H groups in total. The van der Waals surface area contributed by atoms with Crippen LogP contribution in [0.4, 0.5) is 5.82 Å². The molecule has 1 aromatic carbocycles. The largest absolute Gasteiger partial charge is 0.378 e. The van der Waals surface area contributed by atoms with Crippen LogP contribution in [0.5, 0.6) is 0 Å². The predicted octanol–water partition coefficient (Wildman–Crippen LogP) is 2.54. The lowest BCUT2D eigenvalue weighted by molar-refractivity contribution is 0.111. The Balaban J connectivity index is 1.60. The highest BCUT2D eigenvalue weighted by Gasteiger charge is 2.18. The molecule has 0 amide bonds. The Morgan fingerprint density at radius 2 is 1.97 bits per heavy atom. The lowest BCUT2D eigenvalue weighted by Gasteiger charge is -2.29. The molecule has 4 heterocycles. The smallest absolute Gasteiger partial charge is 0.170 e. The van der Waals surface area contributed by atoms with E-state index in [9.17, 15) is 4.79 Å². The van der Waals surface area contributed by atoms with Crippen LogP contribution in [0, 0.1) is 6.92 Å². The maximum absolute atomic E-state index is 11.3. The molecule has 0 spiro atoms. The van der Waals surface area contributed by atoms with Gasteiger partial charge in [-0.1, -0.05) is 29.8 Å². The van der Waals surface area contributed by atoms with Crippen LogP contribution < -0.4 is 4.90 Å². The van der Waals surface area contributed by atoms with Crippen molar-refractivity contribution in [3.05, 3.63) is 60.0 Å². The Hall–Kier alpha value is -3.52. The third kappa shape index (κ3) is 3.27. The number of rotatable bonds is 4. The normalized spacial score (nSPS) is 14.4. The fourth-order valence-electron chi connectivity index (χ4n) is 3.58. The second kappa shape index (κ2) is 7.14. The molecule has 1 saturated heterocycles. The first-order chi connectivity index (χ1) is 14.2. The first-order valence-electron chi connectivity index (χ1n) is 9.52. The van der Waals surface area contributed by atoms with E-state index < -0.39 is 0 Å². The quantitative estimate of drug-likeness (QED) is 0.500. The maximum Gasteiger partial charge on any atom is 0.170 e. The van der Waals surface area contributed by atoms with Gasteiger partial charge in [-0.25, -0.2) is 9.67 Å². The molecule has 8 heteroatoms. The van der Waals surface area contributed by atoms with Crippen molar-refractivity contribution in [1.82, 2.24) is 24.4 Å². The van der Waals surface area contributed by atoms with E-state index in [0.29, 0.717) is 30.4 Å². The number of aldehydes is 1. The van der Waals surface area contributed by atoms with Gasteiger partial charge in [-0.15, -0.1) is 0 Å². The van der Waals surface area contributed by atoms with Crippen molar-refractivity contribution in [2.75, 3.05) is 31.2 Å². The Morgan fingerprint density at radius 3 is 2.76 bits per heavy atom. The van der Waals surface area contributed by atoms with Crippen LogP contribution in [0.1, 0.15) is 16.1 Å². The lowest BCUT2D eigenvalue weighted by atomic mass is 10.1. The molecule has 146 valence electrons. The number of anilines is 1. The number of nitrogens with zero attached hydrogens (tertiary/aromatic N) is 6. The van der Waals surface area contributed by atoms with Crippen LogP contribution in [0.25, 0.3) is 22.6 Å². The molecule has 1 aliphatic heterocycles. The molecule has 0 saturated carbocycles. The summed E-state index contributed by atoms with van der Waals surface area (Å²) in [5.74, 6) is 1.55. The summed E-state index contributed by atoms with van der Waals surface area (Å²) in [5, 5.41) is 8.90. The third-order valence-corrected chi connectivity index (χ3v) is 5.04. The number of aromatic nitrogens is 5. The van der Waals surface area contributed by atoms with Crippen molar-refractivity contribution in [3.63, 3.8) is 0 Å². The molecule has 4 aromatic rings. The first-order valence-corrected chi connectivity index (χ1v) is 9.52. The number of carbonyl (C=O) groups is 1. The second-order valence-corrected chi connectivity index (χ2v) is 7.07. The van der Waals surface area contributed by atoms with Crippen molar-refractivity contribution in [3.8, 4) is 16.9 Å². The summed E-state index contributed by atoms with van der Waals surface area (Å²) in [6.45, 7) is 4.88. The Kier molecular flexibility index (Phi) is 4.33. The highest BCUT2D eigenvalue weighted by Crippen LogP contribution is 2.24. The van der Waals surface area contributed by atoms with Crippen molar-refractivity contribution in [1.29, 1.82) is 0 Å². The van der Waals surface area contributed by atoms with Gasteiger partial charge in [0.1, 0.15) is 11.5 Å². The van der Waals surface area contributed by atoms with E-state index in [1.54, 1.807) is 15.3 Å². The number of fused-ring (bicyclic) bond motifs is 1. The summed E-state index contributed by atoms with van der Waals surface area (Å²) in [5.41, 5.74) is 4.29. The second-order valence-electron chi connectivity index (χ2n) is 7.07. The number of morpholine rings is 1.